The molecular formula is C20H13N3O. The molecule has 0 fully saturated rings. The van der Waals surface area contributed by atoms with E-state index in [1.54, 1.807) is 42.7 Å². The highest BCUT2D eigenvalue weighted by molar-refractivity contribution is 6.06. The summed E-state index contributed by atoms with van der Waals surface area (Å²) in [7, 11) is 0. The average Bonchev–Trinajstić information content (AvgIpc) is 2.67. The van der Waals surface area contributed by atoms with E-state index in [9.17, 15) is 4.79 Å². The molecule has 24 heavy (non-hydrogen) atoms. The fraction of sp³-hybridized carbons (Fsp3) is 0. The van der Waals surface area contributed by atoms with Crippen LogP contribution in [-0.4, -0.2) is 15.8 Å². The van der Waals surface area contributed by atoms with Crippen molar-refractivity contribution in [2.45, 2.75) is 0 Å². The van der Waals surface area contributed by atoms with Gasteiger partial charge in [-0.25, -0.2) is 9.97 Å². The van der Waals surface area contributed by atoms with Gasteiger partial charge in [0, 0.05) is 29.1 Å². The van der Waals surface area contributed by atoms with Gasteiger partial charge in [0.15, 0.2) is 11.6 Å². The molecule has 0 aliphatic rings. The van der Waals surface area contributed by atoms with E-state index < -0.39 is 0 Å². The van der Waals surface area contributed by atoms with Gasteiger partial charge >= 0.3 is 0 Å². The third-order valence-corrected chi connectivity index (χ3v) is 3.41. The van der Waals surface area contributed by atoms with E-state index >= 15 is 0 Å². The highest BCUT2D eigenvalue weighted by atomic mass is 16.1. The number of hydrogen-bond acceptors (Lipinski definition) is 4. The van der Waals surface area contributed by atoms with Crippen LogP contribution in [-0.2, 0) is 0 Å². The lowest BCUT2D eigenvalue weighted by Crippen LogP contribution is -1.95. The number of nitriles is 1. The molecule has 0 atom stereocenters. The van der Waals surface area contributed by atoms with Crippen molar-refractivity contribution in [2.75, 3.05) is 0 Å². The highest BCUT2D eigenvalue weighted by Crippen LogP contribution is 2.14. The Bertz CT molecular complexity index is 923. The quantitative estimate of drug-likeness (QED) is 0.541. The molecule has 0 radical (unpaired) electrons. The van der Waals surface area contributed by atoms with Crippen molar-refractivity contribution in [3.05, 3.63) is 89.8 Å². The number of benzene rings is 2. The Balaban J connectivity index is 1.75. The second-order valence-corrected chi connectivity index (χ2v) is 5.10. The normalized spacial score (nSPS) is 10.5. The molecule has 0 amide bonds. The number of carbonyl (C=O) groups is 1. The second-order valence-electron chi connectivity index (χ2n) is 5.10. The highest BCUT2D eigenvalue weighted by Gasteiger charge is 2.03. The molecule has 0 saturated heterocycles. The average molecular weight is 311 g/mol. The number of carbonyl (C=O) groups excluding carboxylic acids is 1. The molecule has 0 N–H and O–H groups in total. The van der Waals surface area contributed by atoms with E-state index in [1.807, 2.05) is 36.4 Å². The lowest BCUT2D eigenvalue weighted by molar-refractivity contribution is 0.104. The molecule has 3 rings (SSSR count). The Kier molecular flexibility index (Phi) is 4.55. The summed E-state index contributed by atoms with van der Waals surface area (Å²) in [5, 5.41) is 8.88. The molecule has 4 nitrogen and oxygen atoms in total. The maximum Gasteiger partial charge on any atom is 0.185 e. The standard InChI is InChI=1S/C20H13N3O/c21-12-15-5-4-8-18(11-15)19(24)10-9-16-13-22-20(23-14-16)17-6-2-1-3-7-17/h1-11,13-14H/b10-9+. The molecule has 0 unspecified atom stereocenters. The Morgan fingerprint density at radius 3 is 2.46 bits per heavy atom. The molecule has 0 bridgehead atoms. The minimum atomic E-state index is -0.167. The van der Waals surface area contributed by atoms with Gasteiger partial charge in [-0.1, -0.05) is 42.5 Å². The van der Waals surface area contributed by atoms with E-state index in [0.29, 0.717) is 17.0 Å². The number of allylic oxidation sites excluding steroid dienone is 1. The van der Waals surface area contributed by atoms with Crippen LogP contribution in [0.3, 0.4) is 0 Å². The Morgan fingerprint density at radius 2 is 1.75 bits per heavy atom. The van der Waals surface area contributed by atoms with Crippen LogP contribution in [0.15, 0.2) is 73.1 Å². The third-order valence-electron chi connectivity index (χ3n) is 3.41. The van der Waals surface area contributed by atoms with E-state index in [0.717, 1.165) is 11.1 Å². The largest absolute Gasteiger partial charge is 0.289 e. The first-order valence-corrected chi connectivity index (χ1v) is 7.36. The van der Waals surface area contributed by atoms with Crippen LogP contribution in [0.1, 0.15) is 21.5 Å². The fourth-order valence-electron chi connectivity index (χ4n) is 2.17. The third kappa shape index (κ3) is 3.60. The monoisotopic (exact) mass is 311 g/mol. The number of aromatic nitrogens is 2. The van der Waals surface area contributed by atoms with Crippen molar-refractivity contribution in [1.29, 1.82) is 5.26 Å². The van der Waals surface area contributed by atoms with Gasteiger partial charge in [-0.05, 0) is 24.3 Å². The van der Waals surface area contributed by atoms with Crippen LogP contribution < -0.4 is 0 Å². The molecule has 0 saturated carbocycles. The van der Waals surface area contributed by atoms with Crippen LogP contribution in [0.4, 0.5) is 0 Å². The van der Waals surface area contributed by atoms with Gasteiger partial charge in [0.1, 0.15) is 0 Å². The van der Waals surface area contributed by atoms with E-state index in [2.05, 4.69) is 9.97 Å². The molecular weight excluding hydrogens is 298 g/mol. The summed E-state index contributed by atoms with van der Waals surface area (Å²) in [5.74, 6) is 0.472. The Hall–Kier alpha value is -3.58. The van der Waals surface area contributed by atoms with Gasteiger partial charge in [0.05, 0.1) is 11.6 Å². The zero-order valence-electron chi connectivity index (χ0n) is 12.8. The van der Waals surface area contributed by atoms with Crippen molar-refractivity contribution in [3.63, 3.8) is 0 Å². The maximum absolute atomic E-state index is 12.1. The van der Waals surface area contributed by atoms with Crippen molar-refractivity contribution in [2.24, 2.45) is 0 Å². The lowest BCUT2D eigenvalue weighted by Gasteiger charge is -2.00. The first-order chi connectivity index (χ1) is 11.8. The van der Waals surface area contributed by atoms with E-state index in [-0.39, 0.29) is 5.78 Å². The van der Waals surface area contributed by atoms with Crippen molar-refractivity contribution in [3.8, 4) is 17.5 Å². The molecule has 0 aliphatic carbocycles. The number of nitrogens with zero attached hydrogens (tertiary/aromatic N) is 3. The molecule has 2 aromatic carbocycles. The minimum Gasteiger partial charge on any atom is -0.289 e. The molecule has 0 spiro atoms. The zero-order valence-corrected chi connectivity index (χ0v) is 12.8. The predicted octanol–water partition coefficient (Wildman–Crippen LogP) is 3.91. The Labute approximate surface area is 139 Å². The lowest BCUT2D eigenvalue weighted by atomic mass is 10.1. The first kappa shape index (κ1) is 15.3. The van der Waals surface area contributed by atoms with Gasteiger partial charge in [0.25, 0.3) is 0 Å². The second kappa shape index (κ2) is 7.12. The van der Waals surface area contributed by atoms with Crippen LogP contribution in [0.25, 0.3) is 17.5 Å². The van der Waals surface area contributed by atoms with Crippen LogP contribution in [0.5, 0.6) is 0 Å². The summed E-state index contributed by atoms with van der Waals surface area (Å²) in [6.45, 7) is 0. The van der Waals surface area contributed by atoms with Gasteiger partial charge in [-0.2, -0.15) is 5.26 Å². The van der Waals surface area contributed by atoms with Crippen LogP contribution >= 0.6 is 0 Å². The molecule has 1 heterocycles. The predicted molar refractivity (Wildman–Crippen MR) is 92.0 cm³/mol. The minimum absolute atomic E-state index is 0.167. The molecule has 4 heteroatoms. The molecule has 114 valence electrons. The molecule has 0 aliphatic heterocycles. The zero-order chi connectivity index (χ0) is 16.8. The molecule has 1 aromatic heterocycles. The van der Waals surface area contributed by atoms with Crippen molar-refractivity contribution in [1.82, 2.24) is 9.97 Å². The summed E-state index contributed by atoms with van der Waals surface area (Å²) in [6, 6.07) is 18.3. The molecule has 3 aromatic rings. The fourth-order valence-corrected chi connectivity index (χ4v) is 2.17. The van der Waals surface area contributed by atoms with Gasteiger partial charge in [-0.3, -0.25) is 4.79 Å². The maximum atomic E-state index is 12.1. The summed E-state index contributed by atoms with van der Waals surface area (Å²) in [6.07, 6.45) is 6.46. The van der Waals surface area contributed by atoms with Gasteiger partial charge < -0.3 is 0 Å². The summed E-state index contributed by atoms with van der Waals surface area (Å²) < 4.78 is 0. The van der Waals surface area contributed by atoms with Crippen LogP contribution in [0, 0.1) is 11.3 Å². The number of hydrogen-bond donors (Lipinski definition) is 0. The first-order valence-electron chi connectivity index (χ1n) is 7.36. The van der Waals surface area contributed by atoms with Gasteiger partial charge in [-0.15, -0.1) is 0 Å². The van der Waals surface area contributed by atoms with E-state index in [4.69, 9.17) is 5.26 Å². The van der Waals surface area contributed by atoms with Crippen molar-refractivity contribution >= 4 is 11.9 Å². The van der Waals surface area contributed by atoms with Crippen molar-refractivity contribution < 1.29 is 4.79 Å². The van der Waals surface area contributed by atoms with Crippen LogP contribution in [0.2, 0.25) is 0 Å². The Morgan fingerprint density at radius 1 is 1.00 bits per heavy atom. The number of ketones is 1. The summed E-state index contributed by atoms with van der Waals surface area (Å²) in [4.78, 5) is 20.8. The number of rotatable bonds is 4. The van der Waals surface area contributed by atoms with E-state index in [1.165, 1.54) is 6.08 Å². The SMILES string of the molecule is N#Cc1cccc(C(=O)/C=C/c2cnc(-c3ccccc3)nc2)c1. The smallest absolute Gasteiger partial charge is 0.185 e. The summed E-state index contributed by atoms with van der Waals surface area (Å²) in [5.41, 5.74) is 2.62. The topological polar surface area (TPSA) is 66.6 Å². The summed E-state index contributed by atoms with van der Waals surface area (Å²) >= 11 is 0. The van der Waals surface area contributed by atoms with Gasteiger partial charge in [0.2, 0.25) is 0 Å².